The van der Waals surface area contributed by atoms with Crippen molar-refractivity contribution in [2.45, 2.75) is 37.9 Å². The molecule has 1 saturated heterocycles. The predicted octanol–water partition coefficient (Wildman–Crippen LogP) is 2.05. The molecule has 1 atom stereocenters. The fraction of sp³-hybridized carbons (Fsp3) is 0.348. The summed E-state index contributed by atoms with van der Waals surface area (Å²) in [5, 5.41) is 8.34. The number of hydrogen-bond donors (Lipinski definition) is 3. The molecule has 2 aliphatic rings. The monoisotopic (exact) mass is 424 g/mol. The maximum atomic E-state index is 13.0. The van der Waals surface area contributed by atoms with Gasteiger partial charge in [0.1, 0.15) is 11.9 Å². The lowest BCUT2D eigenvalue weighted by atomic mass is 10.0. The summed E-state index contributed by atoms with van der Waals surface area (Å²) in [6.45, 7) is 2.38. The van der Waals surface area contributed by atoms with E-state index < -0.39 is 11.9 Å². The Morgan fingerprint density at radius 1 is 1.06 bits per heavy atom. The van der Waals surface area contributed by atoms with Crippen LogP contribution in [0.4, 0.5) is 10.1 Å². The zero-order chi connectivity index (χ0) is 21.8. The van der Waals surface area contributed by atoms with Gasteiger partial charge in [0.15, 0.2) is 0 Å². The van der Waals surface area contributed by atoms with E-state index in [4.69, 9.17) is 0 Å². The molecule has 162 valence electrons. The first-order chi connectivity index (χ1) is 15.0. The molecule has 2 heterocycles. The number of piperidine rings is 1. The molecule has 3 amide bonds. The quantitative estimate of drug-likeness (QED) is 0.685. The van der Waals surface area contributed by atoms with Gasteiger partial charge in [-0.25, -0.2) is 4.39 Å². The van der Waals surface area contributed by atoms with Crippen molar-refractivity contribution in [1.29, 1.82) is 0 Å². The SMILES string of the molecule is O=C(CC1NC(=O)c2ccccc2NC1=O)NC1CCN(Cc2ccc(F)cc2)CC1. The van der Waals surface area contributed by atoms with Crippen LogP contribution in [0.25, 0.3) is 0 Å². The van der Waals surface area contributed by atoms with Crippen LogP contribution in [0.1, 0.15) is 35.2 Å². The van der Waals surface area contributed by atoms with Crippen molar-refractivity contribution in [1.82, 2.24) is 15.5 Å². The van der Waals surface area contributed by atoms with E-state index in [1.54, 1.807) is 36.4 Å². The van der Waals surface area contributed by atoms with Crippen LogP contribution in [0.15, 0.2) is 48.5 Å². The molecule has 2 aliphatic heterocycles. The minimum absolute atomic E-state index is 0.0266. The molecular weight excluding hydrogens is 399 g/mol. The van der Waals surface area contributed by atoms with E-state index in [0.717, 1.165) is 38.0 Å². The smallest absolute Gasteiger partial charge is 0.254 e. The average Bonchev–Trinajstić information content (AvgIpc) is 2.87. The number of rotatable bonds is 5. The second-order valence-electron chi connectivity index (χ2n) is 8.01. The molecule has 0 aliphatic carbocycles. The van der Waals surface area contributed by atoms with E-state index >= 15 is 0 Å². The predicted molar refractivity (Wildman–Crippen MR) is 114 cm³/mol. The first-order valence-corrected chi connectivity index (χ1v) is 10.4. The van der Waals surface area contributed by atoms with Crippen molar-refractivity contribution in [3.8, 4) is 0 Å². The second kappa shape index (κ2) is 9.26. The molecule has 0 spiro atoms. The van der Waals surface area contributed by atoms with Gasteiger partial charge >= 0.3 is 0 Å². The Labute approximate surface area is 180 Å². The molecule has 0 aromatic heterocycles. The van der Waals surface area contributed by atoms with Gasteiger partial charge in [0, 0.05) is 25.7 Å². The van der Waals surface area contributed by atoms with Crippen LogP contribution in [0.5, 0.6) is 0 Å². The van der Waals surface area contributed by atoms with Crippen molar-refractivity contribution < 1.29 is 18.8 Å². The largest absolute Gasteiger partial charge is 0.353 e. The number of amides is 3. The van der Waals surface area contributed by atoms with Gasteiger partial charge in [-0.2, -0.15) is 0 Å². The van der Waals surface area contributed by atoms with Gasteiger partial charge in [0.2, 0.25) is 11.8 Å². The number of benzene rings is 2. The number of nitrogens with one attached hydrogen (secondary N) is 3. The standard InChI is InChI=1S/C23H25FN4O3/c24-16-7-5-15(6-8-16)14-28-11-9-17(10-12-28)25-21(29)13-20-23(31)26-19-4-2-1-3-18(19)22(30)27-20/h1-8,17,20H,9-14H2,(H,25,29)(H,26,31)(H,27,30). The molecule has 2 aromatic carbocycles. The molecule has 4 rings (SSSR count). The van der Waals surface area contributed by atoms with E-state index in [-0.39, 0.29) is 30.1 Å². The summed E-state index contributed by atoms with van der Waals surface area (Å²) >= 11 is 0. The van der Waals surface area contributed by atoms with E-state index in [2.05, 4.69) is 20.9 Å². The van der Waals surface area contributed by atoms with Crippen molar-refractivity contribution >= 4 is 23.4 Å². The summed E-state index contributed by atoms with van der Waals surface area (Å²) < 4.78 is 13.0. The Morgan fingerprint density at radius 2 is 1.77 bits per heavy atom. The first kappa shape index (κ1) is 21.0. The number of nitrogens with zero attached hydrogens (tertiary/aromatic N) is 1. The van der Waals surface area contributed by atoms with Gasteiger partial charge < -0.3 is 16.0 Å². The van der Waals surface area contributed by atoms with Crippen LogP contribution >= 0.6 is 0 Å². The van der Waals surface area contributed by atoms with Crippen molar-refractivity contribution in [2.24, 2.45) is 0 Å². The Morgan fingerprint density at radius 3 is 2.52 bits per heavy atom. The van der Waals surface area contributed by atoms with Crippen LogP contribution in [0.2, 0.25) is 0 Å². The number of halogens is 1. The van der Waals surface area contributed by atoms with Gasteiger partial charge in [-0.3, -0.25) is 19.3 Å². The maximum absolute atomic E-state index is 13.0. The summed E-state index contributed by atoms with van der Waals surface area (Å²) in [6.07, 6.45) is 1.48. The third-order valence-corrected chi connectivity index (χ3v) is 5.71. The molecule has 8 heteroatoms. The molecule has 3 N–H and O–H groups in total. The van der Waals surface area contributed by atoms with Gasteiger partial charge in [0.25, 0.3) is 5.91 Å². The molecule has 2 aromatic rings. The fourth-order valence-corrected chi connectivity index (χ4v) is 4.01. The lowest BCUT2D eigenvalue weighted by Gasteiger charge is -2.32. The highest BCUT2D eigenvalue weighted by Gasteiger charge is 2.30. The summed E-state index contributed by atoms with van der Waals surface area (Å²) in [5.41, 5.74) is 1.88. The number of para-hydroxylation sites is 1. The van der Waals surface area contributed by atoms with E-state index in [9.17, 15) is 18.8 Å². The second-order valence-corrected chi connectivity index (χ2v) is 8.01. The van der Waals surface area contributed by atoms with Crippen molar-refractivity contribution in [3.05, 3.63) is 65.5 Å². The van der Waals surface area contributed by atoms with E-state index in [0.29, 0.717) is 11.3 Å². The Bertz CT molecular complexity index is 971. The lowest BCUT2D eigenvalue weighted by Crippen LogP contribution is -2.48. The van der Waals surface area contributed by atoms with Gasteiger partial charge in [-0.1, -0.05) is 24.3 Å². The van der Waals surface area contributed by atoms with Crippen LogP contribution in [-0.4, -0.2) is 47.8 Å². The number of carbonyl (C=O) groups excluding carboxylic acids is 3. The summed E-state index contributed by atoms with van der Waals surface area (Å²) in [4.78, 5) is 39.6. The van der Waals surface area contributed by atoms with Gasteiger partial charge in [0.05, 0.1) is 17.7 Å². The molecule has 0 bridgehead atoms. The lowest BCUT2D eigenvalue weighted by molar-refractivity contribution is -0.126. The highest BCUT2D eigenvalue weighted by Crippen LogP contribution is 2.19. The van der Waals surface area contributed by atoms with Gasteiger partial charge in [-0.05, 0) is 42.7 Å². The highest BCUT2D eigenvalue weighted by atomic mass is 19.1. The molecule has 7 nitrogen and oxygen atoms in total. The maximum Gasteiger partial charge on any atom is 0.254 e. The van der Waals surface area contributed by atoms with Crippen LogP contribution in [0, 0.1) is 5.82 Å². The number of fused-ring (bicyclic) bond motifs is 1. The molecule has 1 fully saturated rings. The fourth-order valence-electron chi connectivity index (χ4n) is 4.01. The van der Waals surface area contributed by atoms with Crippen molar-refractivity contribution in [2.75, 3.05) is 18.4 Å². The average molecular weight is 424 g/mol. The minimum Gasteiger partial charge on any atom is -0.353 e. The Kier molecular flexibility index (Phi) is 6.27. The number of hydrogen-bond acceptors (Lipinski definition) is 4. The number of likely N-dealkylation sites (tertiary alicyclic amines) is 1. The minimum atomic E-state index is -0.918. The van der Waals surface area contributed by atoms with E-state index in [1.165, 1.54) is 12.1 Å². The third-order valence-electron chi connectivity index (χ3n) is 5.71. The normalized spacial score (nSPS) is 19.7. The molecule has 31 heavy (non-hydrogen) atoms. The molecular formula is C23H25FN4O3. The Hall–Kier alpha value is -3.26. The highest BCUT2D eigenvalue weighted by molar-refractivity contribution is 6.10. The van der Waals surface area contributed by atoms with Crippen molar-refractivity contribution in [3.63, 3.8) is 0 Å². The number of carbonyl (C=O) groups is 3. The summed E-state index contributed by atoms with van der Waals surface area (Å²) in [6, 6.07) is 12.4. The van der Waals surface area contributed by atoms with E-state index in [1.807, 2.05) is 0 Å². The topological polar surface area (TPSA) is 90.5 Å². The molecule has 0 saturated carbocycles. The molecule has 1 unspecified atom stereocenters. The summed E-state index contributed by atoms with van der Waals surface area (Å²) in [7, 11) is 0. The van der Waals surface area contributed by atoms with Crippen LogP contribution in [0.3, 0.4) is 0 Å². The summed E-state index contributed by atoms with van der Waals surface area (Å²) in [5.74, 6) is -1.28. The third kappa shape index (κ3) is 5.27. The van der Waals surface area contributed by atoms with Crippen LogP contribution < -0.4 is 16.0 Å². The number of anilines is 1. The zero-order valence-corrected chi connectivity index (χ0v) is 17.1. The first-order valence-electron chi connectivity index (χ1n) is 10.4. The van der Waals surface area contributed by atoms with Gasteiger partial charge in [-0.15, -0.1) is 0 Å². The Balaban J connectivity index is 1.25. The zero-order valence-electron chi connectivity index (χ0n) is 17.1. The van der Waals surface area contributed by atoms with Crippen LogP contribution in [-0.2, 0) is 16.1 Å². The molecule has 0 radical (unpaired) electrons.